The van der Waals surface area contributed by atoms with Crippen LogP contribution >= 0.6 is 0 Å². The van der Waals surface area contributed by atoms with Gasteiger partial charge in [0.1, 0.15) is 11.0 Å². The number of benzene rings is 2. The third-order valence-corrected chi connectivity index (χ3v) is 5.26. The van der Waals surface area contributed by atoms with Crippen molar-refractivity contribution in [2.45, 2.75) is 33.6 Å². The molecule has 2 aromatic heterocycles. The van der Waals surface area contributed by atoms with Crippen LogP contribution in [0.15, 0.2) is 54.7 Å². The maximum absolute atomic E-state index is 2.43. The van der Waals surface area contributed by atoms with Gasteiger partial charge in [-0.05, 0) is 55.2 Å². The standard InChI is InChI=1S/C23H25N2/c1-15(2)18-10-11-20-19-8-6-7-9-21(19)25(23(20)17(18)4)22-14-16(3)12-13-24(22)5/h6-15H,1-5H3/q+1. The summed E-state index contributed by atoms with van der Waals surface area (Å²) < 4.78 is 4.64. The van der Waals surface area contributed by atoms with Gasteiger partial charge in [0.15, 0.2) is 0 Å². The maximum Gasteiger partial charge on any atom is 0.286 e. The van der Waals surface area contributed by atoms with E-state index in [0.29, 0.717) is 5.92 Å². The van der Waals surface area contributed by atoms with Crippen molar-refractivity contribution < 1.29 is 4.57 Å². The predicted octanol–water partition coefficient (Wildman–Crippen LogP) is 5.35. The summed E-state index contributed by atoms with van der Waals surface area (Å²) in [6, 6.07) is 17.8. The Balaban J connectivity index is 2.24. The van der Waals surface area contributed by atoms with Gasteiger partial charge in [-0.2, -0.15) is 4.57 Å². The van der Waals surface area contributed by atoms with E-state index in [4.69, 9.17) is 0 Å². The van der Waals surface area contributed by atoms with E-state index in [9.17, 15) is 0 Å². The zero-order chi connectivity index (χ0) is 17.7. The minimum absolute atomic E-state index is 0.516. The number of hydrogen-bond donors (Lipinski definition) is 0. The van der Waals surface area contributed by atoms with Crippen LogP contribution in [0.5, 0.6) is 0 Å². The number of aryl methyl sites for hydroxylation is 3. The summed E-state index contributed by atoms with van der Waals surface area (Å²) in [5.74, 6) is 1.72. The molecular weight excluding hydrogens is 304 g/mol. The molecule has 2 heterocycles. The lowest BCUT2D eigenvalue weighted by Gasteiger charge is -2.11. The van der Waals surface area contributed by atoms with Gasteiger partial charge in [0.05, 0.1) is 13.2 Å². The first-order valence-corrected chi connectivity index (χ1v) is 8.98. The molecule has 0 amide bonds. The minimum atomic E-state index is 0.516. The zero-order valence-corrected chi connectivity index (χ0v) is 15.7. The van der Waals surface area contributed by atoms with Crippen LogP contribution in [0.25, 0.3) is 27.6 Å². The lowest BCUT2D eigenvalue weighted by atomic mass is 9.95. The number of aromatic nitrogens is 2. The smallest absolute Gasteiger partial charge is 0.237 e. The van der Waals surface area contributed by atoms with E-state index in [1.165, 1.54) is 44.3 Å². The predicted molar refractivity (Wildman–Crippen MR) is 106 cm³/mol. The van der Waals surface area contributed by atoms with Crippen molar-refractivity contribution in [1.82, 2.24) is 4.57 Å². The molecule has 2 nitrogen and oxygen atoms in total. The Morgan fingerprint density at radius 1 is 0.920 bits per heavy atom. The van der Waals surface area contributed by atoms with Crippen molar-refractivity contribution in [3.05, 3.63) is 71.4 Å². The second-order valence-electron chi connectivity index (χ2n) is 7.36. The summed E-state index contributed by atoms with van der Waals surface area (Å²) in [6.45, 7) is 8.97. The van der Waals surface area contributed by atoms with E-state index in [0.717, 1.165) is 0 Å². The Bertz CT molecular complexity index is 1100. The highest BCUT2D eigenvalue weighted by atomic mass is 15.1. The SMILES string of the molecule is Cc1cc[n+](C)c(-n2c3ccccc3c3ccc(C(C)C)c(C)c32)c1. The first-order valence-electron chi connectivity index (χ1n) is 8.98. The lowest BCUT2D eigenvalue weighted by Crippen LogP contribution is -2.33. The third-order valence-electron chi connectivity index (χ3n) is 5.26. The number of para-hydroxylation sites is 1. The molecule has 0 fully saturated rings. The molecule has 4 rings (SSSR count). The molecule has 0 spiro atoms. The fourth-order valence-corrected chi connectivity index (χ4v) is 3.98. The molecule has 0 atom stereocenters. The fourth-order valence-electron chi connectivity index (χ4n) is 3.98. The molecule has 0 saturated carbocycles. The molecule has 0 saturated heterocycles. The highest BCUT2D eigenvalue weighted by Gasteiger charge is 2.23. The molecule has 126 valence electrons. The van der Waals surface area contributed by atoms with Gasteiger partial charge in [0.25, 0.3) is 5.82 Å². The zero-order valence-electron chi connectivity index (χ0n) is 15.7. The molecule has 0 aliphatic carbocycles. The van der Waals surface area contributed by atoms with Crippen LogP contribution in [0.1, 0.15) is 36.5 Å². The first kappa shape index (κ1) is 15.9. The Hall–Kier alpha value is -2.61. The molecule has 0 N–H and O–H groups in total. The lowest BCUT2D eigenvalue weighted by molar-refractivity contribution is -0.665. The second-order valence-corrected chi connectivity index (χ2v) is 7.36. The van der Waals surface area contributed by atoms with Crippen LogP contribution in [-0.2, 0) is 7.05 Å². The highest BCUT2D eigenvalue weighted by Crippen LogP contribution is 2.36. The summed E-state index contributed by atoms with van der Waals surface area (Å²) >= 11 is 0. The second kappa shape index (κ2) is 5.73. The van der Waals surface area contributed by atoms with Crippen LogP contribution in [0.3, 0.4) is 0 Å². The van der Waals surface area contributed by atoms with Crippen molar-refractivity contribution in [3.8, 4) is 5.82 Å². The quantitative estimate of drug-likeness (QED) is 0.438. The van der Waals surface area contributed by atoms with E-state index in [2.05, 4.69) is 98.6 Å². The Kier molecular flexibility index (Phi) is 3.64. The maximum atomic E-state index is 2.43. The summed E-state index contributed by atoms with van der Waals surface area (Å²) in [4.78, 5) is 0. The van der Waals surface area contributed by atoms with Gasteiger partial charge in [-0.15, -0.1) is 0 Å². The molecule has 2 aromatic carbocycles. The normalized spacial score (nSPS) is 11.8. The van der Waals surface area contributed by atoms with Crippen molar-refractivity contribution in [2.75, 3.05) is 0 Å². The van der Waals surface area contributed by atoms with Crippen molar-refractivity contribution in [2.24, 2.45) is 7.05 Å². The van der Waals surface area contributed by atoms with Gasteiger partial charge in [-0.1, -0.05) is 32.0 Å². The molecule has 4 aromatic rings. The highest BCUT2D eigenvalue weighted by molar-refractivity contribution is 6.10. The molecule has 25 heavy (non-hydrogen) atoms. The summed E-state index contributed by atoms with van der Waals surface area (Å²) in [6.07, 6.45) is 2.15. The van der Waals surface area contributed by atoms with Gasteiger partial charge in [-0.25, -0.2) is 4.57 Å². The van der Waals surface area contributed by atoms with E-state index in [-0.39, 0.29) is 0 Å². The van der Waals surface area contributed by atoms with Gasteiger partial charge in [0, 0.05) is 22.4 Å². The topological polar surface area (TPSA) is 8.81 Å². The molecular formula is C23H25N2+. The number of nitrogens with zero attached hydrogens (tertiary/aromatic N) is 2. The van der Waals surface area contributed by atoms with E-state index >= 15 is 0 Å². The van der Waals surface area contributed by atoms with Gasteiger partial charge in [0.2, 0.25) is 0 Å². The Morgan fingerprint density at radius 2 is 1.68 bits per heavy atom. The van der Waals surface area contributed by atoms with Crippen LogP contribution < -0.4 is 4.57 Å². The van der Waals surface area contributed by atoms with Gasteiger partial charge < -0.3 is 0 Å². The molecule has 2 heteroatoms. The van der Waals surface area contributed by atoms with E-state index in [1.807, 2.05) is 0 Å². The fraction of sp³-hybridized carbons (Fsp3) is 0.261. The van der Waals surface area contributed by atoms with E-state index in [1.54, 1.807) is 0 Å². The minimum Gasteiger partial charge on any atom is -0.237 e. The summed E-state index contributed by atoms with van der Waals surface area (Å²) in [5.41, 5.74) is 6.67. The monoisotopic (exact) mass is 329 g/mol. The molecule has 0 unspecified atom stereocenters. The molecule has 0 aliphatic rings. The van der Waals surface area contributed by atoms with Crippen molar-refractivity contribution in [1.29, 1.82) is 0 Å². The number of pyridine rings is 1. The van der Waals surface area contributed by atoms with Crippen LogP contribution in [0.2, 0.25) is 0 Å². The first-order chi connectivity index (χ1) is 12.0. The summed E-state index contributed by atoms with van der Waals surface area (Å²) in [7, 11) is 2.12. The largest absolute Gasteiger partial charge is 0.286 e. The van der Waals surface area contributed by atoms with Gasteiger partial charge >= 0.3 is 0 Å². The number of rotatable bonds is 2. The van der Waals surface area contributed by atoms with Gasteiger partial charge in [-0.3, -0.25) is 0 Å². The average molecular weight is 329 g/mol. The molecule has 0 radical (unpaired) electrons. The summed E-state index contributed by atoms with van der Waals surface area (Å²) in [5, 5.41) is 2.65. The van der Waals surface area contributed by atoms with Crippen LogP contribution in [0.4, 0.5) is 0 Å². The Labute approximate surface area is 149 Å². The average Bonchev–Trinajstić information content (AvgIpc) is 2.92. The van der Waals surface area contributed by atoms with Crippen molar-refractivity contribution >= 4 is 21.8 Å². The third kappa shape index (κ3) is 2.36. The van der Waals surface area contributed by atoms with Crippen LogP contribution in [-0.4, -0.2) is 4.57 Å². The number of hydrogen-bond acceptors (Lipinski definition) is 0. The Morgan fingerprint density at radius 3 is 2.44 bits per heavy atom. The molecule has 0 aliphatic heterocycles. The van der Waals surface area contributed by atoms with Crippen molar-refractivity contribution in [3.63, 3.8) is 0 Å². The number of fused-ring (bicyclic) bond motifs is 3. The molecule has 0 bridgehead atoms. The van der Waals surface area contributed by atoms with E-state index < -0.39 is 0 Å². The van der Waals surface area contributed by atoms with Crippen LogP contribution in [0, 0.1) is 13.8 Å².